The number of aromatic nitrogens is 2. The first-order valence-corrected chi connectivity index (χ1v) is 7.97. The van der Waals surface area contributed by atoms with Crippen LogP contribution in [0.25, 0.3) is 11.3 Å². The number of methoxy groups -OCH3 is 1. The Hall–Kier alpha value is -2.88. The van der Waals surface area contributed by atoms with Crippen molar-refractivity contribution in [2.75, 3.05) is 12.4 Å². The number of anilines is 1. The molecule has 0 saturated carbocycles. The summed E-state index contributed by atoms with van der Waals surface area (Å²) in [7, 11) is 1.68. The van der Waals surface area contributed by atoms with E-state index in [4.69, 9.17) is 4.74 Å². The summed E-state index contributed by atoms with van der Waals surface area (Å²) in [5.41, 5.74) is 3.15. The van der Waals surface area contributed by atoms with Gasteiger partial charge in [-0.15, -0.1) is 0 Å². The molecule has 0 saturated heterocycles. The molecule has 1 heterocycles. The van der Waals surface area contributed by atoms with E-state index in [2.05, 4.69) is 40.4 Å². The zero-order valence-electron chi connectivity index (χ0n) is 14.2. The smallest absolute Gasteiger partial charge is 0.130 e. The fraction of sp³-hybridized carbons (Fsp3) is 0.200. The molecular weight excluding hydrogens is 298 g/mol. The van der Waals surface area contributed by atoms with Crippen LogP contribution in [0.15, 0.2) is 60.7 Å². The van der Waals surface area contributed by atoms with Gasteiger partial charge < -0.3 is 10.1 Å². The third kappa shape index (κ3) is 3.71. The zero-order valence-corrected chi connectivity index (χ0v) is 14.2. The Morgan fingerprint density at radius 2 is 1.75 bits per heavy atom. The molecule has 1 N–H and O–H groups in total. The van der Waals surface area contributed by atoms with E-state index in [1.165, 1.54) is 0 Å². The van der Waals surface area contributed by atoms with Gasteiger partial charge >= 0.3 is 0 Å². The summed E-state index contributed by atoms with van der Waals surface area (Å²) in [6.45, 7) is 4.02. The summed E-state index contributed by atoms with van der Waals surface area (Å²) in [6, 6.07) is 20.3. The van der Waals surface area contributed by atoms with Crippen LogP contribution in [0.5, 0.6) is 5.75 Å². The Morgan fingerprint density at radius 3 is 2.50 bits per heavy atom. The number of nitrogens with one attached hydrogen (secondary N) is 1. The highest BCUT2D eigenvalue weighted by molar-refractivity contribution is 5.62. The largest absolute Gasteiger partial charge is 0.497 e. The molecule has 0 fully saturated rings. The van der Waals surface area contributed by atoms with Crippen molar-refractivity contribution in [3.8, 4) is 17.0 Å². The lowest BCUT2D eigenvalue weighted by Gasteiger charge is -2.16. The van der Waals surface area contributed by atoms with Gasteiger partial charge in [-0.25, -0.2) is 9.97 Å². The first-order chi connectivity index (χ1) is 11.7. The van der Waals surface area contributed by atoms with Crippen molar-refractivity contribution in [1.29, 1.82) is 0 Å². The summed E-state index contributed by atoms with van der Waals surface area (Å²) < 4.78 is 5.30. The Morgan fingerprint density at radius 1 is 0.958 bits per heavy atom. The van der Waals surface area contributed by atoms with Gasteiger partial charge in [-0.3, -0.25) is 0 Å². The van der Waals surface area contributed by atoms with Crippen molar-refractivity contribution in [2.45, 2.75) is 19.9 Å². The number of ether oxygens (including phenoxy) is 1. The molecule has 4 heteroatoms. The van der Waals surface area contributed by atoms with E-state index >= 15 is 0 Å². The maximum absolute atomic E-state index is 5.30. The summed E-state index contributed by atoms with van der Waals surface area (Å²) >= 11 is 0. The molecule has 0 spiro atoms. The summed E-state index contributed by atoms with van der Waals surface area (Å²) in [6.07, 6.45) is 0. The molecule has 3 rings (SSSR count). The molecule has 0 aliphatic carbocycles. The molecule has 24 heavy (non-hydrogen) atoms. The fourth-order valence-corrected chi connectivity index (χ4v) is 2.61. The summed E-state index contributed by atoms with van der Waals surface area (Å²) in [4.78, 5) is 9.05. The van der Waals surface area contributed by atoms with Crippen LogP contribution in [0.2, 0.25) is 0 Å². The van der Waals surface area contributed by atoms with Crippen LogP contribution in [0, 0.1) is 6.92 Å². The molecule has 0 radical (unpaired) electrons. The van der Waals surface area contributed by atoms with Crippen LogP contribution in [0.1, 0.15) is 24.4 Å². The molecule has 1 aromatic heterocycles. The number of nitrogens with zero attached hydrogens (tertiary/aromatic N) is 2. The maximum atomic E-state index is 5.30. The third-order valence-electron chi connectivity index (χ3n) is 3.87. The minimum absolute atomic E-state index is 0.109. The van der Waals surface area contributed by atoms with Crippen molar-refractivity contribution in [3.63, 3.8) is 0 Å². The molecule has 0 amide bonds. The Bertz CT molecular complexity index is 818. The molecule has 0 bridgehead atoms. The van der Waals surface area contributed by atoms with Crippen molar-refractivity contribution in [3.05, 3.63) is 72.1 Å². The van der Waals surface area contributed by atoms with Gasteiger partial charge in [-0.05, 0) is 31.5 Å². The molecule has 4 nitrogen and oxygen atoms in total. The highest BCUT2D eigenvalue weighted by atomic mass is 16.5. The average Bonchev–Trinajstić information content (AvgIpc) is 2.62. The molecule has 1 atom stereocenters. The van der Waals surface area contributed by atoms with E-state index in [1.54, 1.807) is 7.11 Å². The highest BCUT2D eigenvalue weighted by Gasteiger charge is 2.10. The van der Waals surface area contributed by atoms with Crippen LogP contribution in [-0.4, -0.2) is 17.1 Å². The second-order valence-electron chi connectivity index (χ2n) is 5.69. The second kappa shape index (κ2) is 7.13. The van der Waals surface area contributed by atoms with Crippen molar-refractivity contribution < 1.29 is 4.74 Å². The molecular formula is C20H21N3O. The number of aryl methyl sites for hydroxylation is 1. The van der Waals surface area contributed by atoms with Gasteiger partial charge in [0.2, 0.25) is 0 Å². The van der Waals surface area contributed by atoms with E-state index in [0.29, 0.717) is 0 Å². The van der Waals surface area contributed by atoms with Gasteiger partial charge in [-0.1, -0.05) is 42.5 Å². The standard InChI is InChI=1S/C20H21N3O/c1-14(17-10-7-11-18(12-17)24-3)21-20-13-19(22-15(2)23-20)16-8-5-4-6-9-16/h4-14H,1-3H3,(H,21,22,23)/t14-/m0/s1. The summed E-state index contributed by atoms with van der Waals surface area (Å²) in [5.74, 6) is 2.42. The molecule has 3 aromatic rings. The Labute approximate surface area is 142 Å². The predicted molar refractivity (Wildman–Crippen MR) is 97.2 cm³/mol. The molecule has 0 aliphatic heterocycles. The van der Waals surface area contributed by atoms with Crippen molar-refractivity contribution in [1.82, 2.24) is 9.97 Å². The number of rotatable bonds is 5. The number of hydrogen-bond donors (Lipinski definition) is 1. The van der Waals surface area contributed by atoms with Gasteiger partial charge in [0.05, 0.1) is 18.8 Å². The monoisotopic (exact) mass is 319 g/mol. The van der Waals surface area contributed by atoms with Crippen LogP contribution in [0.3, 0.4) is 0 Å². The van der Waals surface area contributed by atoms with Crippen LogP contribution in [0.4, 0.5) is 5.82 Å². The SMILES string of the molecule is COc1cccc([C@H](C)Nc2cc(-c3ccccc3)nc(C)n2)c1. The normalized spacial score (nSPS) is 11.8. The van der Waals surface area contributed by atoms with Crippen molar-refractivity contribution >= 4 is 5.82 Å². The highest BCUT2D eigenvalue weighted by Crippen LogP contribution is 2.24. The number of hydrogen-bond acceptors (Lipinski definition) is 4. The van der Waals surface area contributed by atoms with Crippen molar-refractivity contribution in [2.24, 2.45) is 0 Å². The average molecular weight is 319 g/mol. The van der Waals surface area contributed by atoms with E-state index in [9.17, 15) is 0 Å². The first-order valence-electron chi connectivity index (χ1n) is 7.97. The van der Waals surface area contributed by atoms with E-state index in [1.807, 2.05) is 49.4 Å². The lowest BCUT2D eigenvalue weighted by Crippen LogP contribution is -2.09. The molecule has 0 unspecified atom stereocenters. The molecule has 122 valence electrons. The Balaban J connectivity index is 1.85. The number of benzene rings is 2. The van der Waals surface area contributed by atoms with Gasteiger partial charge in [0.1, 0.15) is 17.4 Å². The lowest BCUT2D eigenvalue weighted by molar-refractivity contribution is 0.414. The van der Waals surface area contributed by atoms with Crippen LogP contribution >= 0.6 is 0 Å². The van der Waals surface area contributed by atoms with E-state index < -0.39 is 0 Å². The van der Waals surface area contributed by atoms with E-state index in [-0.39, 0.29) is 6.04 Å². The quantitative estimate of drug-likeness (QED) is 0.744. The van der Waals surface area contributed by atoms with Gasteiger partial charge in [0, 0.05) is 11.6 Å². The van der Waals surface area contributed by atoms with Gasteiger partial charge in [0.15, 0.2) is 0 Å². The first kappa shape index (κ1) is 16.0. The zero-order chi connectivity index (χ0) is 16.9. The maximum Gasteiger partial charge on any atom is 0.130 e. The van der Waals surface area contributed by atoms with Crippen LogP contribution in [-0.2, 0) is 0 Å². The lowest BCUT2D eigenvalue weighted by atomic mass is 10.1. The predicted octanol–water partition coefficient (Wildman–Crippen LogP) is 4.63. The van der Waals surface area contributed by atoms with E-state index in [0.717, 1.165) is 34.2 Å². The van der Waals surface area contributed by atoms with Crippen LogP contribution < -0.4 is 10.1 Å². The third-order valence-corrected chi connectivity index (χ3v) is 3.87. The van der Waals surface area contributed by atoms with Gasteiger partial charge in [-0.2, -0.15) is 0 Å². The van der Waals surface area contributed by atoms with Gasteiger partial charge in [0.25, 0.3) is 0 Å². The summed E-state index contributed by atoms with van der Waals surface area (Å²) in [5, 5.41) is 3.45. The Kier molecular flexibility index (Phi) is 4.75. The minimum atomic E-state index is 0.109. The second-order valence-corrected chi connectivity index (χ2v) is 5.69. The molecule has 2 aromatic carbocycles. The topological polar surface area (TPSA) is 47.0 Å². The fourth-order valence-electron chi connectivity index (χ4n) is 2.61. The molecule has 0 aliphatic rings. The minimum Gasteiger partial charge on any atom is -0.497 e.